The van der Waals surface area contributed by atoms with Gasteiger partial charge in [0.2, 0.25) is 0 Å². The molecule has 0 aliphatic heterocycles. The van der Waals surface area contributed by atoms with Crippen molar-refractivity contribution in [3.8, 4) is 5.75 Å². The van der Waals surface area contributed by atoms with E-state index in [2.05, 4.69) is 63.7 Å². The third-order valence-electron chi connectivity index (χ3n) is 3.74. The van der Waals surface area contributed by atoms with Gasteiger partial charge in [0, 0.05) is 10.5 Å². The molecule has 1 atom stereocenters. The Labute approximate surface area is 135 Å². The van der Waals surface area contributed by atoms with Gasteiger partial charge in [0.25, 0.3) is 0 Å². The van der Waals surface area contributed by atoms with Crippen LogP contribution in [0.25, 0.3) is 0 Å². The molecule has 0 heterocycles. The molecule has 0 aliphatic rings. The maximum atomic E-state index is 5.29. The van der Waals surface area contributed by atoms with E-state index < -0.39 is 0 Å². The van der Waals surface area contributed by atoms with E-state index in [-0.39, 0.29) is 0 Å². The summed E-state index contributed by atoms with van der Waals surface area (Å²) in [6.45, 7) is 0. The minimum atomic E-state index is 0.413. The number of ether oxygens (including phenoxy) is 1. The van der Waals surface area contributed by atoms with Crippen molar-refractivity contribution >= 4 is 15.9 Å². The van der Waals surface area contributed by atoms with Crippen LogP contribution in [-0.4, -0.2) is 14.2 Å². The molecular weight excluding hydrogens is 326 g/mol. The molecule has 112 valence electrons. The summed E-state index contributed by atoms with van der Waals surface area (Å²) >= 11 is 3.62. The van der Waals surface area contributed by atoms with Crippen molar-refractivity contribution in [1.29, 1.82) is 0 Å². The number of nitrogens with one attached hydrogen (secondary N) is 1. The fraction of sp³-hybridized carbons (Fsp3) is 0.333. The van der Waals surface area contributed by atoms with Crippen molar-refractivity contribution < 1.29 is 4.74 Å². The van der Waals surface area contributed by atoms with Gasteiger partial charge in [-0.3, -0.25) is 0 Å². The SMILES string of the molecule is CNC(CCCc1cc(OC)ccc1Br)c1ccccc1. The van der Waals surface area contributed by atoms with E-state index in [0.717, 1.165) is 29.5 Å². The van der Waals surface area contributed by atoms with Crippen molar-refractivity contribution in [2.75, 3.05) is 14.2 Å². The van der Waals surface area contributed by atoms with Crippen molar-refractivity contribution in [2.45, 2.75) is 25.3 Å². The molecule has 2 aromatic carbocycles. The number of hydrogen-bond donors (Lipinski definition) is 1. The molecule has 2 nitrogen and oxygen atoms in total. The molecule has 21 heavy (non-hydrogen) atoms. The van der Waals surface area contributed by atoms with Gasteiger partial charge in [0.05, 0.1) is 7.11 Å². The summed E-state index contributed by atoms with van der Waals surface area (Å²) in [7, 11) is 3.73. The van der Waals surface area contributed by atoms with Crippen molar-refractivity contribution in [1.82, 2.24) is 5.32 Å². The third kappa shape index (κ3) is 4.58. The Morgan fingerprint density at radius 2 is 1.90 bits per heavy atom. The fourth-order valence-electron chi connectivity index (χ4n) is 2.53. The zero-order valence-electron chi connectivity index (χ0n) is 12.6. The molecule has 0 aromatic heterocycles. The molecule has 0 amide bonds. The lowest BCUT2D eigenvalue weighted by atomic mass is 9.99. The van der Waals surface area contributed by atoms with Gasteiger partial charge in [0.15, 0.2) is 0 Å². The molecular formula is C18H22BrNO. The highest BCUT2D eigenvalue weighted by molar-refractivity contribution is 9.10. The first-order valence-electron chi connectivity index (χ1n) is 7.29. The van der Waals surface area contributed by atoms with Crippen LogP contribution in [0.15, 0.2) is 53.0 Å². The van der Waals surface area contributed by atoms with Crippen LogP contribution in [0.2, 0.25) is 0 Å². The molecule has 0 radical (unpaired) electrons. The standard InChI is InChI=1S/C18H22BrNO/c1-20-18(14-7-4-3-5-8-14)10-6-9-15-13-16(21-2)11-12-17(15)19/h3-5,7-8,11-13,18,20H,6,9-10H2,1-2H3. The maximum Gasteiger partial charge on any atom is 0.119 e. The molecule has 1 N–H and O–H groups in total. The fourth-order valence-corrected chi connectivity index (χ4v) is 2.97. The Morgan fingerprint density at radius 3 is 2.57 bits per heavy atom. The lowest BCUT2D eigenvalue weighted by Gasteiger charge is -2.17. The first-order chi connectivity index (χ1) is 10.2. The van der Waals surface area contributed by atoms with Crippen LogP contribution in [0.5, 0.6) is 5.75 Å². The Morgan fingerprint density at radius 1 is 1.14 bits per heavy atom. The highest BCUT2D eigenvalue weighted by atomic mass is 79.9. The summed E-state index contributed by atoms with van der Waals surface area (Å²) in [4.78, 5) is 0. The van der Waals surface area contributed by atoms with Crippen molar-refractivity contribution in [2.24, 2.45) is 0 Å². The topological polar surface area (TPSA) is 21.3 Å². The molecule has 0 saturated carbocycles. The van der Waals surface area contributed by atoms with Gasteiger partial charge in [-0.15, -0.1) is 0 Å². The summed E-state index contributed by atoms with van der Waals surface area (Å²) in [6.07, 6.45) is 3.29. The smallest absolute Gasteiger partial charge is 0.119 e. The van der Waals surface area contributed by atoms with Crippen LogP contribution < -0.4 is 10.1 Å². The minimum Gasteiger partial charge on any atom is -0.497 e. The Kier molecular flexibility index (Phi) is 6.27. The number of benzene rings is 2. The van der Waals surface area contributed by atoms with E-state index in [4.69, 9.17) is 4.74 Å². The average Bonchev–Trinajstić information content (AvgIpc) is 2.54. The zero-order valence-corrected chi connectivity index (χ0v) is 14.2. The second kappa shape index (κ2) is 8.20. The summed E-state index contributed by atoms with van der Waals surface area (Å²) < 4.78 is 6.45. The van der Waals surface area contributed by atoms with Gasteiger partial charge in [0.1, 0.15) is 5.75 Å². The Hall–Kier alpha value is -1.32. The van der Waals surface area contributed by atoms with E-state index in [1.54, 1.807) is 7.11 Å². The average molecular weight is 348 g/mol. The van der Waals surface area contributed by atoms with Crippen LogP contribution in [-0.2, 0) is 6.42 Å². The summed E-state index contributed by atoms with van der Waals surface area (Å²) in [5, 5.41) is 3.41. The first-order valence-corrected chi connectivity index (χ1v) is 8.08. The number of methoxy groups -OCH3 is 1. The summed E-state index contributed by atoms with van der Waals surface area (Å²) in [6, 6.07) is 17.2. The van der Waals surface area contributed by atoms with Crippen LogP contribution >= 0.6 is 15.9 Å². The van der Waals surface area contributed by atoms with Gasteiger partial charge in [-0.2, -0.15) is 0 Å². The second-order valence-corrected chi connectivity index (χ2v) is 5.96. The van der Waals surface area contributed by atoms with E-state index in [9.17, 15) is 0 Å². The first kappa shape index (κ1) is 16.1. The van der Waals surface area contributed by atoms with Crippen LogP contribution in [0.1, 0.15) is 30.0 Å². The highest BCUT2D eigenvalue weighted by Crippen LogP contribution is 2.25. The highest BCUT2D eigenvalue weighted by Gasteiger charge is 2.09. The van der Waals surface area contributed by atoms with Crippen molar-refractivity contribution in [3.05, 3.63) is 64.1 Å². The number of aryl methyl sites for hydroxylation is 1. The molecule has 2 aromatic rings. The van der Waals surface area contributed by atoms with Crippen molar-refractivity contribution in [3.63, 3.8) is 0 Å². The second-order valence-electron chi connectivity index (χ2n) is 5.10. The monoisotopic (exact) mass is 347 g/mol. The minimum absolute atomic E-state index is 0.413. The van der Waals surface area contributed by atoms with Gasteiger partial charge in [-0.1, -0.05) is 46.3 Å². The van der Waals surface area contributed by atoms with E-state index >= 15 is 0 Å². The number of halogens is 1. The molecule has 0 spiro atoms. The molecule has 3 heteroatoms. The summed E-state index contributed by atoms with van der Waals surface area (Å²) in [5.41, 5.74) is 2.65. The van der Waals surface area contributed by atoms with Crippen LogP contribution in [0.3, 0.4) is 0 Å². The Bertz CT molecular complexity index is 556. The van der Waals surface area contributed by atoms with E-state index in [0.29, 0.717) is 6.04 Å². The molecule has 2 rings (SSSR count). The van der Waals surface area contributed by atoms with E-state index in [1.165, 1.54) is 11.1 Å². The number of rotatable bonds is 7. The predicted octanol–water partition coefficient (Wildman–Crippen LogP) is 4.74. The predicted molar refractivity (Wildman–Crippen MR) is 91.9 cm³/mol. The van der Waals surface area contributed by atoms with Gasteiger partial charge < -0.3 is 10.1 Å². The number of hydrogen-bond acceptors (Lipinski definition) is 2. The zero-order chi connectivity index (χ0) is 15.1. The van der Waals surface area contributed by atoms with E-state index in [1.807, 2.05) is 13.1 Å². The largest absolute Gasteiger partial charge is 0.497 e. The van der Waals surface area contributed by atoms with Crippen LogP contribution in [0.4, 0.5) is 0 Å². The lowest BCUT2D eigenvalue weighted by molar-refractivity contribution is 0.414. The van der Waals surface area contributed by atoms with Crippen LogP contribution in [0, 0.1) is 0 Å². The molecule has 0 saturated heterocycles. The molecule has 0 fully saturated rings. The molecule has 0 aliphatic carbocycles. The molecule has 0 bridgehead atoms. The van der Waals surface area contributed by atoms with Gasteiger partial charge in [-0.25, -0.2) is 0 Å². The Balaban J connectivity index is 1.94. The third-order valence-corrected chi connectivity index (χ3v) is 4.52. The maximum absolute atomic E-state index is 5.29. The molecule has 1 unspecified atom stereocenters. The van der Waals surface area contributed by atoms with Gasteiger partial charge >= 0.3 is 0 Å². The lowest BCUT2D eigenvalue weighted by Crippen LogP contribution is -2.16. The summed E-state index contributed by atoms with van der Waals surface area (Å²) in [5.74, 6) is 0.918. The quantitative estimate of drug-likeness (QED) is 0.780. The normalized spacial score (nSPS) is 12.1. The van der Waals surface area contributed by atoms with Gasteiger partial charge in [-0.05, 0) is 55.6 Å².